The van der Waals surface area contributed by atoms with Gasteiger partial charge in [-0.2, -0.15) is 13.2 Å². The summed E-state index contributed by atoms with van der Waals surface area (Å²) >= 11 is 0. The lowest BCUT2D eigenvalue weighted by Gasteiger charge is -2.33. The van der Waals surface area contributed by atoms with E-state index in [1.807, 2.05) is 32.6 Å². The summed E-state index contributed by atoms with van der Waals surface area (Å²) in [6, 6.07) is 5.81. The molecule has 0 N–H and O–H groups in total. The van der Waals surface area contributed by atoms with Crippen LogP contribution in [0.4, 0.5) is 18.9 Å². The molecule has 0 spiro atoms. The van der Waals surface area contributed by atoms with Crippen molar-refractivity contribution in [2.45, 2.75) is 46.0 Å². The quantitative estimate of drug-likeness (QED) is 0.766. The molecule has 0 heterocycles. The van der Waals surface area contributed by atoms with Crippen LogP contribution < -0.4 is 4.90 Å². The molecule has 1 rings (SSSR count). The van der Waals surface area contributed by atoms with E-state index in [1.165, 1.54) is 12.1 Å². The maximum atomic E-state index is 12.6. The van der Waals surface area contributed by atoms with E-state index in [-0.39, 0.29) is 12.1 Å². The Kier molecular flexibility index (Phi) is 4.07. The monoisotopic (exact) mass is 245 g/mol. The summed E-state index contributed by atoms with van der Waals surface area (Å²) in [5, 5.41) is 0. The van der Waals surface area contributed by atoms with Gasteiger partial charge >= 0.3 is 6.18 Å². The molecule has 4 heteroatoms. The zero-order chi connectivity index (χ0) is 13.2. The molecule has 0 aliphatic heterocycles. The van der Waals surface area contributed by atoms with E-state index in [4.69, 9.17) is 0 Å². The number of benzene rings is 1. The zero-order valence-corrected chi connectivity index (χ0v) is 10.5. The van der Waals surface area contributed by atoms with Crippen molar-refractivity contribution in [2.24, 2.45) is 0 Å². The SMILES string of the molecule is CC(C)N(c1cccc(C(F)(F)F)c1)C(C)C. The molecule has 0 saturated carbocycles. The maximum Gasteiger partial charge on any atom is 0.416 e. The number of hydrogen-bond donors (Lipinski definition) is 0. The van der Waals surface area contributed by atoms with Crippen LogP contribution in [0.2, 0.25) is 0 Å². The average molecular weight is 245 g/mol. The molecule has 0 fully saturated rings. The highest BCUT2D eigenvalue weighted by Gasteiger charge is 2.31. The molecule has 0 amide bonds. The Hall–Kier alpha value is -1.19. The second kappa shape index (κ2) is 4.98. The Bertz CT molecular complexity index is 361. The molecule has 17 heavy (non-hydrogen) atoms. The van der Waals surface area contributed by atoms with Gasteiger partial charge in [-0.1, -0.05) is 6.07 Å². The number of alkyl halides is 3. The lowest BCUT2D eigenvalue weighted by molar-refractivity contribution is -0.137. The fraction of sp³-hybridized carbons (Fsp3) is 0.538. The van der Waals surface area contributed by atoms with Gasteiger partial charge in [0.25, 0.3) is 0 Å². The highest BCUT2D eigenvalue weighted by Crippen LogP contribution is 2.32. The lowest BCUT2D eigenvalue weighted by Crippen LogP contribution is -2.37. The molecular weight excluding hydrogens is 227 g/mol. The van der Waals surface area contributed by atoms with Gasteiger partial charge in [0.1, 0.15) is 0 Å². The standard InChI is InChI=1S/C13H18F3N/c1-9(2)17(10(3)4)12-7-5-6-11(8-12)13(14,15)16/h5-10H,1-4H3. The van der Waals surface area contributed by atoms with Crippen molar-refractivity contribution < 1.29 is 13.2 Å². The normalized spacial score (nSPS) is 12.3. The first-order valence-electron chi connectivity index (χ1n) is 5.69. The van der Waals surface area contributed by atoms with E-state index < -0.39 is 11.7 Å². The molecule has 0 aromatic heterocycles. The number of anilines is 1. The van der Waals surface area contributed by atoms with Gasteiger partial charge in [0.15, 0.2) is 0 Å². The van der Waals surface area contributed by atoms with Crippen molar-refractivity contribution in [2.75, 3.05) is 4.90 Å². The predicted octanol–water partition coefficient (Wildman–Crippen LogP) is 4.33. The first-order chi connectivity index (χ1) is 7.73. The Labute approximate surface area is 100 Å². The summed E-state index contributed by atoms with van der Waals surface area (Å²) in [4.78, 5) is 1.97. The molecule has 1 aromatic carbocycles. The van der Waals surface area contributed by atoms with Crippen LogP contribution in [-0.4, -0.2) is 12.1 Å². The number of nitrogens with zero attached hydrogens (tertiary/aromatic N) is 1. The van der Waals surface area contributed by atoms with Crippen LogP contribution >= 0.6 is 0 Å². The van der Waals surface area contributed by atoms with Crippen molar-refractivity contribution in [1.29, 1.82) is 0 Å². The van der Waals surface area contributed by atoms with E-state index in [0.29, 0.717) is 5.69 Å². The highest BCUT2D eigenvalue weighted by atomic mass is 19.4. The van der Waals surface area contributed by atoms with Crippen molar-refractivity contribution in [3.63, 3.8) is 0 Å². The predicted molar refractivity (Wildman–Crippen MR) is 64.2 cm³/mol. The molecule has 96 valence electrons. The van der Waals surface area contributed by atoms with E-state index in [1.54, 1.807) is 6.07 Å². The van der Waals surface area contributed by atoms with Crippen LogP contribution in [0.15, 0.2) is 24.3 Å². The minimum atomic E-state index is -4.28. The van der Waals surface area contributed by atoms with Gasteiger partial charge in [-0.3, -0.25) is 0 Å². The van der Waals surface area contributed by atoms with E-state index >= 15 is 0 Å². The van der Waals surface area contributed by atoms with Crippen molar-refractivity contribution in [1.82, 2.24) is 0 Å². The first kappa shape index (κ1) is 13.9. The molecule has 0 saturated heterocycles. The van der Waals surface area contributed by atoms with Gasteiger partial charge in [0, 0.05) is 17.8 Å². The highest BCUT2D eigenvalue weighted by molar-refractivity contribution is 5.50. The maximum absolute atomic E-state index is 12.6. The van der Waals surface area contributed by atoms with Crippen LogP contribution in [0, 0.1) is 0 Å². The van der Waals surface area contributed by atoms with Gasteiger partial charge in [-0.05, 0) is 45.9 Å². The Morgan fingerprint density at radius 3 is 1.94 bits per heavy atom. The Balaban J connectivity index is 3.14. The molecule has 0 aliphatic carbocycles. The molecule has 0 atom stereocenters. The van der Waals surface area contributed by atoms with Crippen molar-refractivity contribution >= 4 is 5.69 Å². The van der Waals surface area contributed by atoms with E-state index in [2.05, 4.69) is 0 Å². The second-order valence-corrected chi connectivity index (χ2v) is 4.64. The lowest BCUT2D eigenvalue weighted by atomic mass is 10.1. The number of halogens is 3. The fourth-order valence-corrected chi connectivity index (χ4v) is 2.04. The summed E-state index contributed by atoms with van der Waals surface area (Å²) < 4.78 is 37.8. The van der Waals surface area contributed by atoms with E-state index in [9.17, 15) is 13.2 Å². The van der Waals surface area contributed by atoms with Crippen molar-refractivity contribution in [3.8, 4) is 0 Å². The van der Waals surface area contributed by atoms with E-state index in [0.717, 1.165) is 6.07 Å². The molecular formula is C13H18F3N. The largest absolute Gasteiger partial charge is 0.416 e. The van der Waals surface area contributed by atoms with Crippen LogP contribution in [0.5, 0.6) is 0 Å². The average Bonchev–Trinajstić information content (AvgIpc) is 2.15. The third kappa shape index (κ3) is 3.38. The van der Waals surface area contributed by atoms with Crippen molar-refractivity contribution in [3.05, 3.63) is 29.8 Å². The fourth-order valence-electron chi connectivity index (χ4n) is 2.04. The molecule has 0 unspecified atom stereocenters. The van der Waals surface area contributed by atoms with Gasteiger partial charge in [-0.25, -0.2) is 0 Å². The van der Waals surface area contributed by atoms with Gasteiger partial charge in [-0.15, -0.1) is 0 Å². The molecule has 1 aromatic rings. The zero-order valence-electron chi connectivity index (χ0n) is 10.5. The smallest absolute Gasteiger partial charge is 0.367 e. The third-order valence-electron chi connectivity index (χ3n) is 2.58. The van der Waals surface area contributed by atoms with Crippen LogP contribution in [-0.2, 0) is 6.18 Å². The van der Waals surface area contributed by atoms with Gasteiger partial charge in [0.2, 0.25) is 0 Å². The third-order valence-corrected chi connectivity index (χ3v) is 2.58. The molecule has 1 nitrogen and oxygen atoms in total. The van der Waals surface area contributed by atoms with Crippen LogP contribution in [0.25, 0.3) is 0 Å². The summed E-state index contributed by atoms with van der Waals surface area (Å²) in [6.07, 6.45) is -4.28. The van der Waals surface area contributed by atoms with Crippen LogP contribution in [0.3, 0.4) is 0 Å². The minimum Gasteiger partial charge on any atom is -0.367 e. The summed E-state index contributed by atoms with van der Waals surface area (Å²) in [5.74, 6) is 0. The topological polar surface area (TPSA) is 3.24 Å². The number of rotatable bonds is 3. The minimum absolute atomic E-state index is 0.165. The summed E-state index contributed by atoms with van der Waals surface area (Å²) in [5.41, 5.74) is 0.0196. The second-order valence-electron chi connectivity index (χ2n) is 4.64. The Morgan fingerprint density at radius 1 is 1.00 bits per heavy atom. The number of hydrogen-bond acceptors (Lipinski definition) is 1. The first-order valence-corrected chi connectivity index (χ1v) is 5.69. The summed E-state index contributed by atoms with van der Waals surface area (Å²) in [6.45, 7) is 7.89. The Morgan fingerprint density at radius 2 is 1.53 bits per heavy atom. The van der Waals surface area contributed by atoms with Gasteiger partial charge < -0.3 is 4.90 Å². The van der Waals surface area contributed by atoms with Crippen LogP contribution in [0.1, 0.15) is 33.3 Å². The molecule has 0 radical (unpaired) electrons. The molecule has 0 aliphatic rings. The van der Waals surface area contributed by atoms with Gasteiger partial charge in [0.05, 0.1) is 5.56 Å². The molecule has 0 bridgehead atoms. The summed E-state index contributed by atoms with van der Waals surface area (Å²) in [7, 11) is 0.